The number of nitrogens with two attached hydrogens (primary N) is 1. The SMILES string of the molecule is CC1(Cc2ccccc2C(F)(F)F)OCC(CCN)O1. The summed E-state index contributed by atoms with van der Waals surface area (Å²) < 4.78 is 50.1. The third-order valence-corrected chi connectivity index (χ3v) is 3.31. The molecule has 2 unspecified atom stereocenters. The molecule has 20 heavy (non-hydrogen) atoms. The van der Waals surface area contributed by atoms with Crippen LogP contribution >= 0.6 is 0 Å². The Morgan fingerprint density at radius 1 is 1.35 bits per heavy atom. The van der Waals surface area contributed by atoms with Crippen molar-refractivity contribution in [2.24, 2.45) is 5.73 Å². The van der Waals surface area contributed by atoms with Crippen LogP contribution in [0.5, 0.6) is 0 Å². The molecule has 1 fully saturated rings. The summed E-state index contributed by atoms with van der Waals surface area (Å²) in [7, 11) is 0. The van der Waals surface area contributed by atoms with Crippen molar-refractivity contribution in [3.05, 3.63) is 35.4 Å². The van der Waals surface area contributed by atoms with E-state index in [1.54, 1.807) is 13.0 Å². The van der Waals surface area contributed by atoms with Gasteiger partial charge in [0, 0.05) is 6.42 Å². The molecule has 1 aliphatic rings. The number of alkyl halides is 3. The first kappa shape index (κ1) is 15.3. The van der Waals surface area contributed by atoms with E-state index < -0.39 is 17.5 Å². The maximum Gasteiger partial charge on any atom is 0.416 e. The monoisotopic (exact) mass is 289 g/mol. The standard InChI is InChI=1S/C14H18F3NO2/c1-13(19-9-11(20-13)6-7-18)8-10-4-2-3-5-12(10)14(15,16)17/h2-5,11H,6-9,18H2,1H3. The van der Waals surface area contributed by atoms with Crippen LogP contribution in [0.4, 0.5) is 13.2 Å². The summed E-state index contributed by atoms with van der Waals surface area (Å²) >= 11 is 0. The highest BCUT2D eigenvalue weighted by Crippen LogP contribution is 2.35. The molecule has 2 rings (SSSR count). The zero-order valence-electron chi connectivity index (χ0n) is 11.2. The lowest BCUT2D eigenvalue weighted by Gasteiger charge is -2.25. The second kappa shape index (κ2) is 5.71. The van der Waals surface area contributed by atoms with Crippen molar-refractivity contribution >= 4 is 0 Å². The molecule has 0 saturated carbocycles. The Kier molecular flexibility index (Phi) is 4.36. The van der Waals surface area contributed by atoms with Crippen LogP contribution in [-0.2, 0) is 22.1 Å². The molecule has 0 aliphatic carbocycles. The first-order valence-electron chi connectivity index (χ1n) is 6.51. The van der Waals surface area contributed by atoms with Crippen LogP contribution in [-0.4, -0.2) is 25.0 Å². The number of benzene rings is 1. The normalized spacial score (nSPS) is 26.9. The van der Waals surface area contributed by atoms with Crippen LogP contribution in [0.15, 0.2) is 24.3 Å². The van der Waals surface area contributed by atoms with E-state index >= 15 is 0 Å². The van der Waals surface area contributed by atoms with Gasteiger partial charge in [0.1, 0.15) is 0 Å². The third kappa shape index (κ3) is 3.50. The Hall–Kier alpha value is -1.11. The summed E-state index contributed by atoms with van der Waals surface area (Å²) in [4.78, 5) is 0. The summed E-state index contributed by atoms with van der Waals surface area (Å²) in [5, 5.41) is 0. The van der Waals surface area contributed by atoms with E-state index in [0.717, 1.165) is 6.07 Å². The molecule has 0 amide bonds. The second-order valence-corrected chi connectivity index (χ2v) is 5.09. The highest BCUT2D eigenvalue weighted by atomic mass is 19.4. The second-order valence-electron chi connectivity index (χ2n) is 5.09. The van der Waals surface area contributed by atoms with Gasteiger partial charge in [0.05, 0.1) is 18.3 Å². The molecule has 0 spiro atoms. The largest absolute Gasteiger partial charge is 0.416 e. The van der Waals surface area contributed by atoms with Crippen molar-refractivity contribution in [2.75, 3.05) is 13.2 Å². The first-order valence-corrected chi connectivity index (χ1v) is 6.51. The molecular weight excluding hydrogens is 271 g/mol. The van der Waals surface area contributed by atoms with E-state index in [0.29, 0.717) is 19.6 Å². The topological polar surface area (TPSA) is 44.5 Å². The van der Waals surface area contributed by atoms with Gasteiger partial charge >= 0.3 is 6.18 Å². The fourth-order valence-electron chi connectivity index (χ4n) is 2.41. The third-order valence-electron chi connectivity index (χ3n) is 3.31. The Bertz CT molecular complexity index is 464. The van der Waals surface area contributed by atoms with Crippen LogP contribution in [0.1, 0.15) is 24.5 Å². The van der Waals surface area contributed by atoms with E-state index in [-0.39, 0.29) is 18.1 Å². The minimum absolute atomic E-state index is 0.0593. The smallest absolute Gasteiger partial charge is 0.347 e. The van der Waals surface area contributed by atoms with Crippen molar-refractivity contribution in [1.29, 1.82) is 0 Å². The molecule has 3 nitrogen and oxygen atoms in total. The van der Waals surface area contributed by atoms with Gasteiger partial charge in [-0.2, -0.15) is 13.2 Å². The molecule has 0 aromatic heterocycles. The number of hydrogen-bond donors (Lipinski definition) is 1. The van der Waals surface area contributed by atoms with Crippen LogP contribution < -0.4 is 5.73 Å². The van der Waals surface area contributed by atoms with Crippen molar-refractivity contribution in [1.82, 2.24) is 0 Å². The Labute approximate surface area is 115 Å². The minimum atomic E-state index is -4.37. The summed E-state index contributed by atoms with van der Waals surface area (Å²) in [5.41, 5.74) is 4.98. The Balaban J connectivity index is 2.15. The van der Waals surface area contributed by atoms with Gasteiger partial charge in [-0.3, -0.25) is 0 Å². The number of halogens is 3. The van der Waals surface area contributed by atoms with E-state index in [2.05, 4.69) is 0 Å². The average Bonchev–Trinajstić information content (AvgIpc) is 2.70. The fourth-order valence-corrected chi connectivity index (χ4v) is 2.41. The van der Waals surface area contributed by atoms with E-state index in [4.69, 9.17) is 15.2 Å². The highest BCUT2D eigenvalue weighted by molar-refractivity contribution is 5.30. The molecule has 0 radical (unpaired) electrons. The van der Waals surface area contributed by atoms with Crippen molar-refractivity contribution in [3.63, 3.8) is 0 Å². The van der Waals surface area contributed by atoms with Gasteiger partial charge in [-0.05, 0) is 31.5 Å². The van der Waals surface area contributed by atoms with Crippen LogP contribution in [0.2, 0.25) is 0 Å². The maximum absolute atomic E-state index is 12.9. The Morgan fingerprint density at radius 2 is 2.05 bits per heavy atom. The average molecular weight is 289 g/mol. The number of rotatable bonds is 4. The lowest BCUT2D eigenvalue weighted by molar-refractivity contribution is -0.156. The zero-order valence-corrected chi connectivity index (χ0v) is 11.2. The summed E-state index contributed by atoms with van der Waals surface area (Å²) in [6.07, 6.45) is -3.83. The molecule has 1 aromatic rings. The maximum atomic E-state index is 12.9. The highest BCUT2D eigenvalue weighted by Gasteiger charge is 2.40. The van der Waals surface area contributed by atoms with Crippen LogP contribution in [0, 0.1) is 0 Å². The van der Waals surface area contributed by atoms with Gasteiger partial charge < -0.3 is 15.2 Å². The van der Waals surface area contributed by atoms with Gasteiger partial charge in [-0.15, -0.1) is 0 Å². The lowest BCUT2D eigenvalue weighted by atomic mass is 10.00. The van der Waals surface area contributed by atoms with Crippen molar-refractivity contribution in [3.8, 4) is 0 Å². The molecule has 6 heteroatoms. The fraction of sp³-hybridized carbons (Fsp3) is 0.571. The van der Waals surface area contributed by atoms with E-state index in [1.807, 2.05) is 0 Å². The molecule has 1 aromatic carbocycles. The van der Waals surface area contributed by atoms with E-state index in [1.165, 1.54) is 12.1 Å². The van der Waals surface area contributed by atoms with Crippen molar-refractivity contribution in [2.45, 2.75) is 37.8 Å². The van der Waals surface area contributed by atoms with Crippen molar-refractivity contribution < 1.29 is 22.6 Å². The van der Waals surface area contributed by atoms with Gasteiger partial charge in [-0.25, -0.2) is 0 Å². The molecule has 2 atom stereocenters. The number of hydrogen-bond acceptors (Lipinski definition) is 3. The Morgan fingerprint density at radius 3 is 2.70 bits per heavy atom. The zero-order chi connectivity index (χ0) is 14.8. The van der Waals surface area contributed by atoms with Gasteiger partial charge in [0.2, 0.25) is 0 Å². The first-order chi connectivity index (χ1) is 9.34. The summed E-state index contributed by atoms with van der Waals surface area (Å²) in [5.74, 6) is -1.03. The minimum Gasteiger partial charge on any atom is -0.347 e. The van der Waals surface area contributed by atoms with Crippen LogP contribution in [0.3, 0.4) is 0 Å². The molecule has 0 bridgehead atoms. The summed E-state index contributed by atoms with van der Waals surface area (Å²) in [6.45, 7) is 2.49. The lowest BCUT2D eigenvalue weighted by Crippen LogP contribution is -2.31. The predicted molar refractivity (Wildman–Crippen MR) is 68.0 cm³/mol. The molecule has 1 heterocycles. The van der Waals surface area contributed by atoms with Gasteiger partial charge in [-0.1, -0.05) is 18.2 Å². The molecule has 112 valence electrons. The van der Waals surface area contributed by atoms with Gasteiger partial charge in [0.25, 0.3) is 0 Å². The molecular formula is C14H18F3NO2. The molecule has 1 saturated heterocycles. The molecule has 2 N–H and O–H groups in total. The predicted octanol–water partition coefficient (Wildman–Crippen LogP) is 2.73. The summed E-state index contributed by atoms with van der Waals surface area (Å²) in [6, 6.07) is 5.49. The molecule has 1 aliphatic heterocycles. The number of ether oxygens (including phenoxy) is 2. The van der Waals surface area contributed by atoms with Gasteiger partial charge in [0.15, 0.2) is 5.79 Å². The van der Waals surface area contributed by atoms with Crippen LogP contribution in [0.25, 0.3) is 0 Å². The quantitative estimate of drug-likeness (QED) is 0.927. The van der Waals surface area contributed by atoms with E-state index in [9.17, 15) is 13.2 Å².